The average Bonchev–Trinajstić information content (AvgIpc) is 2.75. The number of carbonyl (C=O) groups is 1. The highest BCUT2D eigenvalue weighted by atomic mass is 19.1. The topological polar surface area (TPSA) is 142 Å². The number of ether oxygens (including phenoxy) is 3. The van der Waals surface area contributed by atoms with Crippen LogP contribution in [0, 0.1) is 5.82 Å². The van der Waals surface area contributed by atoms with Crippen molar-refractivity contribution in [2.24, 2.45) is 0 Å². The van der Waals surface area contributed by atoms with Crippen LogP contribution in [-0.2, 0) is 14.2 Å². The molecule has 32 heavy (non-hydrogen) atoms. The summed E-state index contributed by atoms with van der Waals surface area (Å²) in [4.78, 5) is 12.8. The molecule has 178 valence electrons. The zero-order chi connectivity index (χ0) is 23.2. The number of rotatable bonds is 4. The first-order valence-corrected chi connectivity index (χ1v) is 10.7. The molecule has 10 atom stereocenters. The van der Waals surface area contributed by atoms with E-state index in [0.717, 1.165) is 0 Å². The van der Waals surface area contributed by atoms with Gasteiger partial charge in [-0.2, -0.15) is 0 Å². The van der Waals surface area contributed by atoms with Gasteiger partial charge >= 0.3 is 0 Å². The van der Waals surface area contributed by atoms with Crippen LogP contribution in [0.5, 0.6) is 0 Å². The molecular formula is C21H30FN3O7. The van der Waals surface area contributed by atoms with Crippen LogP contribution in [-0.4, -0.2) is 96.0 Å². The molecule has 2 heterocycles. The largest absolute Gasteiger partial charge is 0.390 e. The Morgan fingerprint density at radius 2 is 1.72 bits per heavy atom. The summed E-state index contributed by atoms with van der Waals surface area (Å²) in [6.07, 6.45) is -5.48. The maximum Gasteiger partial charge on any atom is 0.251 e. The third-order valence-electron chi connectivity index (χ3n) is 6.56. The molecule has 1 aromatic carbocycles. The minimum Gasteiger partial charge on any atom is -0.390 e. The summed E-state index contributed by atoms with van der Waals surface area (Å²) in [5, 5.41) is 41.6. The molecule has 2 saturated heterocycles. The Kier molecular flexibility index (Phi) is 6.54. The minimum absolute atomic E-state index is 0.216. The van der Waals surface area contributed by atoms with Crippen molar-refractivity contribution >= 4 is 5.91 Å². The fourth-order valence-corrected chi connectivity index (χ4v) is 4.86. The molecule has 0 bridgehead atoms. The lowest BCUT2D eigenvalue weighted by molar-refractivity contribution is -0.448. The monoisotopic (exact) mass is 455 g/mol. The zero-order valence-corrected chi connectivity index (χ0v) is 18.1. The van der Waals surface area contributed by atoms with Gasteiger partial charge < -0.3 is 45.5 Å². The van der Waals surface area contributed by atoms with Crippen LogP contribution in [0.3, 0.4) is 0 Å². The molecule has 1 aliphatic carbocycles. The third kappa shape index (κ3) is 3.93. The van der Waals surface area contributed by atoms with Gasteiger partial charge in [-0.3, -0.25) is 4.79 Å². The van der Waals surface area contributed by atoms with Crippen LogP contribution in [0.4, 0.5) is 4.39 Å². The SMILES string of the molecule is CN[C@@H]1[C@H](O)[C@H](NC)C2O[C@]3(O)C(OC2[C@H]1O)O[C@H](C)C[C@H]3NC(=O)c1ccc(F)cc1. The first kappa shape index (κ1) is 23.5. The number of likely N-dealkylation sites (N-methyl/N-ethyl adjacent to an activating group) is 2. The van der Waals surface area contributed by atoms with Crippen LogP contribution in [0.2, 0.25) is 0 Å². The molecule has 11 heteroatoms. The molecule has 3 aliphatic rings. The van der Waals surface area contributed by atoms with Gasteiger partial charge in [-0.25, -0.2) is 4.39 Å². The average molecular weight is 455 g/mol. The zero-order valence-electron chi connectivity index (χ0n) is 18.1. The maximum absolute atomic E-state index is 13.2. The second-order valence-corrected chi connectivity index (χ2v) is 8.59. The lowest BCUT2D eigenvalue weighted by Gasteiger charge is -2.58. The van der Waals surface area contributed by atoms with Crippen LogP contribution in [0.15, 0.2) is 24.3 Å². The van der Waals surface area contributed by atoms with Gasteiger partial charge in [-0.15, -0.1) is 0 Å². The van der Waals surface area contributed by atoms with Crippen molar-refractivity contribution in [1.82, 2.24) is 16.0 Å². The van der Waals surface area contributed by atoms with Crippen LogP contribution < -0.4 is 16.0 Å². The number of hydrogen-bond donors (Lipinski definition) is 6. The first-order chi connectivity index (χ1) is 15.2. The number of hydrogen-bond acceptors (Lipinski definition) is 9. The van der Waals surface area contributed by atoms with Gasteiger partial charge in [0.1, 0.15) is 24.1 Å². The van der Waals surface area contributed by atoms with E-state index in [9.17, 15) is 24.5 Å². The number of nitrogens with one attached hydrogen (secondary N) is 3. The van der Waals surface area contributed by atoms with Crippen LogP contribution >= 0.6 is 0 Å². The molecule has 3 fully saturated rings. The standard InChI is InChI=1S/C21H30FN3O7/c1-9-8-12(25-19(28)10-4-6-11(22)7-5-10)21(29)20(30-9)31-18-16(27)13(23-2)15(26)14(24-3)17(18)32-21/h4-7,9,12-18,20,23-24,26-27,29H,8H2,1-3H3,(H,25,28)/t9-,12-,13-,14+,15+,16+,17?,18?,20?,21+/m1/s1. The Bertz CT molecular complexity index is 830. The number of amides is 1. The van der Waals surface area contributed by atoms with E-state index < -0.39 is 72.4 Å². The van der Waals surface area contributed by atoms with Gasteiger partial charge in [0, 0.05) is 5.56 Å². The van der Waals surface area contributed by atoms with Crippen molar-refractivity contribution in [3.8, 4) is 0 Å². The van der Waals surface area contributed by atoms with Crippen molar-refractivity contribution in [3.63, 3.8) is 0 Å². The summed E-state index contributed by atoms with van der Waals surface area (Å²) in [7, 11) is 3.24. The number of aliphatic hydroxyl groups is 3. The molecule has 4 rings (SSSR count). The number of benzene rings is 1. The Morgan fingerprint density at radius 1 is 1.06 bits per heavy atom. The quantitative estimate of drug-likeness (QED) is 0.318. The summed E-state index contributed by atoms with van der Waals surface area (Å²) >= 11 is 0. The van der Waals surface area contributed by atoms with Gasteiger partial charge in [0.25, 0.3) is 5.91 Å². The Balaban J connectivity index is 1.60. The molecule has 1 amide bonds. The van der Waals surface area contributed by atoms with Crippen LogP contribution in [0.1, 0.15) is 23.7 Å². The van der Waals surface area contributed by atoms with Gasteiger partial charge in [0.05, 0.1) is 30.3 Å². The smallest absolute Gasteiger partial charge is 0.251 e. The summed E-state index contributed by atoms with van der Waals surface area (Å²) in [5.74, 6) is -3.07. The van der Waals surface area contributed by atoms with E-state index >= 15 is 0 Å². The first-order valence-electron chi connectivity index (χ1n) is 10.7. The predicted octanol–water partition coefficient (Wildman–Crippen LogP) is -1.56. The van der Waals surface area contributed by atoms with Gasteiger partial charge in [-0.05, 0) is 51.7 Å². The fourth-order valence-electron chi connectivity index (χ4n) is 4.86. The van der Waals surface area contributed by atoms with E-state index in [0.29, 0.717) is 0 Å². The molecule has 10 nitrogen and oxygen atoms in total. The summed E-state index contributed by atoms with van der Waals surface area (Å²) in [5.41, 5.74) is 0.216. The van der Waals surface area contributed by atoms with Gasteiger partial charge in [-0.1, -0.05) is 0 Å². The Hall–Kier alpha value is -1.70. The third-order valence-corrected chi connectivity index (χ3v) is 6.56. The Morgan fingerprint density at radius 3 is 2.34 bits per heavy atom. The molecule has 1 saturated carbocycles. The lowest BCUT2D eigenvalue weighted by Crippen LogP contribution is -2.79. The van der Waals surface area contributed by atoms with E-state index in [1.807, 2.05) is 0 Å². The van der Waals surface area contributed by atoms with E-state index in [2.05, 4.69) is 16.0 Å². The molecule has 6 N–H and O–H groups in total. The van der Waals surface area contributed by atoms with E-state index in [1.165, 1.54) is 24.3 Å². The minimum atomic E-state index is -2.08. The van der Waals surface area contributed by atoms with E-state index in [-0.39, 0.29) is 12.0 Å². The molecule has 0 aromatic heterocycles. The number of aliphatic hydroxyl groups excluding tert-OH is 2. The highest BCUT2D eigenvalue weighted by molar-refractivity contribution is 5.94. The normalized spacial score (nSPS) is 43.8. The van der Waals surface area contributed by atoms with Crippen molar-refractivity contribution in [2.45, 2.75) is 74.1 Å². The molecule has 2 aliphatic heterocycles. The molecule has 1 aromatic rings. The Labute approximate surface area is 185 Å². The van der Waals surface area contributed by atoms with Crippen molar-refractivity contribution in [2.75, 3.05) is 14.1 Å². The van der Waals surface area contributed by atoms with Gasteiger partial charge in [0.2, 0.25) is 12.1 Å². The summed E-state index contributed by atoms with van der Waals surface area (Å²) < 4.78 is 31.0. The molecule has 0 spiro atoms. The van der Waals surface area contributed by atoms with Crippen molar-refractivity contribution in [1.29, 1.82) is 0 Å². The second kappa shape index (κ2) is 8.92. The number of fused-ring (bicyclic) bond motifs is 2. The number of carbonyl (C=O) groups excluding carboxylic acids is 1. The van der Waals surface area contributed by atoms with Crippen LogP contribution in [0.25, 0.3) is 0 Å². The fraction of sp³-hybridized carbons (Fsp3) is 0.667. The van der Waals surface area contributed by atoms with Gasteiger partial charge in [0.15, 0.2) is 0 Å². The lowest BCUT2D eigenvalue weighted by atomic mass is 9.79. The molecule has 0 radical (unpaired) electrons. The molecular weight excluding hydrogens is 425 g/mol. The highest BCUT2D eigenvalue weighted by Gasteiger charge is 2.63. The predicted molar refractivity (Wildman–Crippen MR) is 109 cm³/mol. The van der Waals surface area contributed by atoms with Crippen molar-refractivity contribution < 1.29 is 38.7 Å². The molecule has 3 unspecified atom stereocenters. The highest BCUT2D eigenvalue weighted by Crippen LogP contribution is 2.42. The summed E-state index contributed by atoms with van der Waals surface area (Å²) in [6.45, 7) is 1.76. The van der Waals surface area contributed by atoms with Crippen molar-refractivity contribution in [3.05, 3.63) is 35.6 Å². The van der Waals surface area contributed by atoms with E-state index in [4.69, 9.17) is 14.2 Å². The summed E-state index contributed by atoms with van der Waals surface area (Å²) in [6, 6.07) is 2.72. The number of halogens is 1. The second-order valence-electron chi connectivity index (χ2n) is 8.59. The van der Waals surface area contributed by atoms with E-state index in [1.54, 1.807) is 21.0 Å². The maximum atomic E-state index is 13.2.